The Bertz CT molecular complexity index is 754. The third-order valence-corrected chi connectivity index (χ3v) is 4.54. The molecule has 6 nitrogen and oxygen atoms in total. The Morgan fingerprint density at radius 3 is 2.95 bits per heavy atom. The fourth-order valence-corrected chi connectivity index (χ4v) is 3.37. The molecule has 108 valence electrons. The Morgan fingerprint density at radius 1 is 1.24 bits per heavy atom. The van der Waals surface area contributed by atoms with Crippen molar-refractivity contribution < 1.29 is 5.11 Å². The Morgan fingerprint density at radius 2 is 2.19 bits per heavy atom. The summed E-state index contributed by atoms with van der Waals surface area (Å²) in [6, 6.07) is 5.85. The lowest BCUT2D eigenvalue weighted by Crippen LogP contribution is -2.28. The molecule has 0 bridgehead atoms. The number of nitrogens with zero attached hydrogens (tertiary/aromatic N) is 4. The van der Waals surface area contributed by atoms with Gasteiger partial charge in [0.05, 0.1) is 12.1 Å². The minimum atomic E-state index is -0.292. The quantitative estimate of drug-likeness (QED) is 0.775. The Labute approximate surface area is 125 Å². The summed E-state index contributed by atoms with van der Waals surface area (Å²) in [6.07, 6.45) is 2.58. The zero-order valence-corrected chi connectivity index (χ0v) is 12.1. The minimum Gasteiger partial charge on any atom is -0.391 e. The molecular weight excluding hydrogens is 286 g/mol. The molecule has 4 rings (SSSR count). The van der Waals surface area contributed by atoms with Crippen molar-refractivity contribution in [1.82, 2.24) is 19.8 Å². The van der Waals surface area contributed by atoms with Crippen LogP contribution >= 0.6 is 11.3 Å². The fraction of sp³-hybridized carbons (Fsp3) is 0.357. The van der Waals surface area contributed by atoms with E-state index in [0.717, 1.165) is 36.5 Å². The number of hydrogen-bond donors (Lipinski definition) is 2. The third-order valence-electron chi connectivity index (χ3n) is 3.85. The second kappa shape index (κ2) is 5.09. The van der Waals surface area contributed by atoms with Gasteiger partial charge in [0.1, 0.15) is 5.82 Å². The van der Waals surface area contributed by atoms with Gasteiger partial charge in [-0.2, -0.15) is 15.9 Å². The monoisotopic (exact) mass is 301 g/mol. The molecule has 0 amide bonds. The van der Waals surface area contributed by atoms with Gasteiger partial charge >= 0.3 is 0 Å². The van der Waals surface area contributed by atoms with Crippen LogP contribution in [0.25, 0.3) is 17.0 Å². The van der Waals surface area contributed by atoms with E-state index in [1.54, 1.807) is 15.9 Å². The maximum absolute atomic E-state index is 9.91. The van der Waals surface area contributed by atoms with Crippen molar-refractivity contribution in [1.29, 1.82) is 0 Å². The zero-order valence-electron chi connectivity index (χ0n) is 11.3. The summed E-state index contributed by atoms with van der Waals surface area (Å²) in [5.74, 6) is 1.48. The zero-order chi connectivity index (χ0) is 14.2. The molecule has 2 N–H and O–H groups in total. The van der Waals surface area contributed by atoms with Gasteiger partial charge in [-0.1, -0.05) is 0 Å². The second-order valence-corrected chi connectivity index (χ2v) is 6.05. The maximum atomic E-state index is 9.91. The van der Waals surface area contributed by atoms with E-state index in [4.69, 9.17) is 0 Å². The van der Waals surface area contributed by atoms with E-state index in [0.29, 0.717) is 5.65 Å². The first kappa shape index (κ1) is 12.7. The summed E-state index contributed by atoms with van der Waals surface area (Å²) < 4.78 is 1.74. The fourth-order valence-electron chi connectivity index (χ4n) is 2.74. The summed E-state index contributed by atoms with van der Waals surface area (Å²) in [6.45, 7) is 0. The largest absolute Gasteiger partial charge is 0.391 e. The van der Waals surface area contributed by atoms with E-state index >= 15 is 0 Å². The van der Waals surface area contributed by atoms with Gasteiger partial charge in [-0.05, 0) is 42.8 Å². The first-order valence-electron chi connectivity index (χ1n) is 7.01. The van der Waals surface area contributed by atoms with Crippen molar-refractivity contribution in [3.63, 3.8) is 0 Å². The molecule has 3 aromatic heterocycles. The van der Waals surface area contributed by atoms with E-state index in [2.05, 4.69) is 20.6 Å². The molecule has 2 unspecified atom stereocenters. The van der Waals surface area contributed by atoms with Crippen molar-refractivity contribution in [3.05, 3.63) is 29.0 Å². The molecular formula is C14H15N5OS. The number of hydrogen-bond acceptors (Lipinski definition) is 6. The molecule has 3 heterocycles. The molecule has 1 saturated carbocycles. The van der Waals surface area contributed by atoms with E-state index < -0.39 is 0 Å². The summed E-state index contributed by atoms with van der Waals surface area (Å²) in [5.41, 5.74) is 1.73. The molecule has 0 aliphatic heterocycles. The molecule has 1 aliphatic rings. The van der Waals surface area contributed by atoms with Crippen molar-refractivity contribution >= 4 is 22.8 Å². The third kappa shape index (κ3) is 2.28. The molecule has 7 heteroatoms. The van der Waals surface area contributed by atoms with Crippen molar-refractivity contribution in [2.45, 2.75) is 31.4 Å². The van der Waals surface area contributed by atoms with Crippen LogP contribution in [0.15, 0.2) is 29.0 Å². The number of rotatable bonds is 3. The van der Waals surface area contributed by atoms with Gasteiger partial charge in [0.15, 0.2) is 11.5 Å². The van der Waals surface area contributed by atoms with Crippen molar-refractivity contribution in [2.75, 3.05) is 5.32 Å². The molecule has 0 aromatic carbocycles. The SMILES string of the molecule is OC1CCCC1Nc1ccc2nnc(-c3ccsc3)n2n1. The molecule has 1 aliphatic carbocycles. The van der Waals surface area contributed by atoms with Crippen LogP contribution in [0.3, 0.4) is 0 Å². The highest BCUT2D eigenvalue weighted by molar-refractivity contribution is 7.08. The van der Waals surface area contributed by atoms with Crippen LogP contribution in [0.5, 0.6) is 0 Å². The van der Waals surface area contributed by atoms with E-state index in [1.165, 1.54) is 0 Å². The first-order chi connectivity index (χ1) is 10.3. The Hall–Kier alpha value is -1.99. The van der Waals surface area contributed by atoms with Gasteiger partial charge in [-0.3, -0.25) is 0 Å². The molecule has 1 fully saturated rings. The average Bonchev–Trinajstić information content (AvgIpc) is 3.20. The van der Waals surface area contributed by atoms with Crippen molar-refractivity contribution in [3.8, 4) is 11.4 Å². The summed E-state index contributed by atoms with van der Waals surface area (Å²) in [4.78, 5) is 0. The van der Waals surface area contributed by atoms with Crippen LogP contribution in [-0.4, -0.2) is 37.1 Å². The molecule has 21 heavy (non-hydrogen) atoms. The van der Waals surface area contributed by atoms with E-state index in [-0.39, 0.29) is 12.1 Å². The van der Waals surface area contributed by atoms with Gasteiger partial charge < -0.3 is 10.4 Å². The van der Waals surface area contributed by atoms with Gasteiger partial charge in [0, 0.05) is 10.9 Å². The molecule has 0 saturated heterocycles. The molecule has 0 spiro atoms. The highest BCUT2D eigenvalue weighted by Crippen LogP contribution is 2.24. The lowest BCUT2D eigenvalue weighted by molar-refractivity contribution is 0.171. The number of aromatic nitrogens is 4. The number of aliphatic hydroxyl groups excluding tert-OH is 1. The minimum absolute atomic E-state index is 0.0797. The number of thiophene rings is 1. The maximum Gasteiger partial charge on any atom is 0.186 e. The number of nitrogens with one attached hydrogen (secondary N) is 1. The van der Waals surface area contributed by atoms with Crippen LogP contribution in [0.2, 0.25) is 0 Å². The molecule has 3 aromatic rings. The normalized spacial score (nSPS) is 22.0. The summed E-state index contributed by atoms with van der Waals surface area (Å²) >= 11 is 1.62. The predicted octanol–water partition coefficient (Wildman–Crippen LogP) is 2.18. The van der Waals surface area contributed by atoms with Gasteiger partial charge in [0.25, 0.3) is 0 Å². The van der Waals surface area contributed by atoms with Crippen LogP contribution in [0, 0.1) is 0 Å². The number of anilines is 1. The molecule has 2 atom stereocenters. The van der Waals surface area contributed by atoms with Gasteiger partial charge in [-0.25, -0.2) is 0 Å². The highest BCUT2D eigenvalue weighted by Gasteiger charge is 2.25. The van der Waals surface area contributed by atoms with Gasteiger partial charge in [-0.15, -0.1) is 15.3 Å². The molecule has 0 radical (unpaired) electrons. The Kier molecular flexibility index (Phi) is 3.08. The Balaban J connectivity index is 1.70. The van der Waals surface area contributed by atoms with Crippen LogP contribution in [-0.2, 0) is 0 Å². The van der Waals surface area contributed by atoms with E-state index in [9.17, 15) is 5.11 Å². The summed E-state index contributed by atoms with van der Waals surface area (Å²) in [5, 5.41) is 30.2. The predicted molar refractivity (Wildman–Crippen MR) is 81.4 cm³/mol. The topological polar surface area (TPSA) is 75.3 Å². The van der Waals surface area contributed by atoms with Crippen molar-refractivity contribution in [2.24, 2.45) is 0 Å². The number of aliphatic hydroxyl groups is 1. The van der Waals surface area contributed by atoms with Crippen LogP contribution in [0.4, 0.5) is 5.82 Å². The lowest BCUT2D eigenvalue weighted by Gasteiger charge is -2.16. The first-order valence-corrected chi connectivity index (χ1v) is 7.95. The summed E-state index contributed by atoms with van der Waals surface area (Å²) in [7, 11) is 0. The van der Waals surface area contributed by atoms with E-state index in [1.807, 2.05) is 29.0 Å². The smallest absolute Gasteiger partial charge is 0.186 e. The standard InChI is InChI=1S/C14H15N5OS/c20-11-3-1-2-10(11)15-12-4-5-13-16-17-14(19(13)18-12)9-6-7-21-8-9/h4-8,10-11,20H,1-3H2,(H,15,18). The lowest BCUT2D eigenvalue weighted by atomic mass is 10.2. The second-order valence-electron chi connectivity index (χ2n) is 5.27. The van der Waals surface area contributed by atoms with Gasteiger partial charge in [0.2, 0.25) is 0 Å². The average molecular weight is 301 g/mol. The highest BCUT2D eigenvalue weighted by atomic mass is 32.1. The number of fused-ring (bicyclic) bond motifs is 1. The van der Waals surface area contributed by atoms with Crippen LogP contribution in [0.1, 0.15) is 19.3 Å². The van der Waals surface area contributed by atoms with Crippen LogP contribution < -0.4 is 5.32 Å².